The molecule has 2 saturated heterocycles. The number of hydrogen-bond donors (Lipinski definition) is 1. The minimum atomic E-state index is -0.904. The predicted molar refractivity (Wildman–Crippen MR) is 62.8 cm³/mol. The van der Waals surface area contributed by atoms with Gasteiger partial charge in [-0.25, -0.2) is 0 Å². The smallest absolute Gasteiger partial charge is 0.166 e. The molecule has 2 aliphatic heterocycles. The summed E-state index contributed by atoms with van der Waals surface area (Å²) in [4.78, 5) is 0. The van der Waals surface area contributed by atoms with Gasteiger partial charge in [0.1, 0.15) is 0 Å². The number of ether oxygens (including phenoxy) is 1. The summed E-state index contributed by atoms with van der Waals surface area (Å²) in [5.74, 6) is 0.661. The van der Waals surface area contributed by atoms with Crippen molar-refractivity contribution in [3.8, 4) is 0 Å². The van der Waals surface area contributed by atoms with Crippen molar-refractivity contribution in [3.63, 3.8) is 0 Å². The predicted octanol–water partition coefficient (Wildman–Crippen LogP) is 2.95. The Hall–Kier alpha value is -0.0800. The Labute approximate surface area is 98.4 Å². The third-order valence-corrected chi connectivity index (χ3v) is 6.31. The first-order valence-corrected chi connectivity index (χ1v) is 6.72. The summed E-state index contributed by atoms with van der Waals surface area (Å²) in [6, 6.07) is 0. The maximum atomic E-state index is 10.6. The number of hydrogen-bond acceptors (Lipinski definition) is 2. The Morgan fingerprint density at radius 3 is 2.38 bits per heavy atom. The first-order chi connectivity index (χ1) is 7.30. The van der Waals surface area contributed by atoms with Crippen LogP contribution in [0.2, 0.25) is 0 Å². The first kappa shape index (κ1) is 11.0. The maximum absolute atomic E-state index is 10.6. The number of rotatable bonds is 0. The van der Waals surface area contributed by atoms with E-state index in [-0.39, 0.29) is 5.60 Å². The fraction of sp³-hybridized carbons (Fsp3) is 1.00. The molecule has 0 aromatic heterocycles. The summed E-state index contributed by atoms with van der Waals surface area (Å²) in [5.41, 5.74) is 0.266. The van der Waals surface area contributed by atoms with Crippen LogP contribution in [0.4, 0.5) is 0 Å². The van der Waals surface area contributed by atoms with Crippen LogP contribution in [0.15, 0.2) is 0 Å². The molecule has 2 nitrogen and oxygen atoms in total. The van der Waals surface area contributed by atoms with Crippen molar-refractivity contribution in [2.24, 2.45) is 23.2 Å². The van der Waals surface area contributed by atoms with E-state index in [4.69, 9.17) is 4.74 Å². The minimum absolute atomic E-state index is 0.121. The van der Waals surface area contributed by atoms with E-state index in [1.54, 1.807) is 0 Å². The molecule has 0 radical (unpaired) electrons. The van der Waals surface area contributed by atoms with Gasteiger partial charge in [0.2, 0.25) is 0 Å². The van der Waals surface area contributed by atoms with Crippen LogP contribution in [0.5, 0.6) is 0 Å². The lowest BCUT2D eigenvalue weighted by atomic mass is 9.57. The van der Waals surface area contributed by atoms with Crippen LogP contribution >= 0.6 is 0 Å². The van der Waals surface area contributed by atoms with E-state index >= 15 is 0 Å². The third-order valence-electron chi connectivity index (χ3n) is 6.31. The van der Waals surface area contributed by atoms with Crippen molar-refractivity contribution in [3.05, 3.63) is 0 Å². The van der Waals surface area contributed by atoms with Crippen LogP contribution in [0.3, 0.4) is 0 Å². The molecular weight excluding hydrogens is 200 g/mol. The number of aliphatic hydroxyl groups is 1. The molecule has 2 heteroatoms. The van der Waals surface area contributed by atoms with E-state index in [0.717, 1.165) is 12.8 Å². The lowest BCUT2D eigenvalue weighted by Gasteiger charge is -2.50. The topological polar surface area (TPSA) is 29.5 Å². The maximum Gasteiger partial charge on any atom is 0.166 e. The minimum Gasteiger partial charge on any atom is -0.365 e. The van der Waals surface area contributed by atoms with Gasteiger partial charge in [-0.2, -0.15) is 0 Å². The summed E-state index contributed by atoms with van der Waals surface area (Å²) in [6.07, 6.45) is 4.74. The Morgan fingerprint density at radius 1 is 1.06 bits per heavy atom. The summed E-state index contributed by atoms with van der Waals surface area (Å²) < 4.78 is 6.14. The zero-order valence-electron chi connectivity index (χ0n) is 10.9. The van der Waals surface area contributed by atoms with Gasteiger partial charge in [-0.05, 0) is 56.8 Å². The van der Waals surface area contributed by atoms with Gasteiger partial charge in [-0.15, -0.1) is 0 Å². The molecule has 0 spiro atoms. The molecule has 4 aliphatic rings. The lowest BCUT2D eigenvalue weighted by molar-refractivity contribution is -0.281. The molecule has 4 fully saturated rings. The van der Waals surface area contributed by atoms with Crippen molar-refractivity contribution < 1.29 is 9.84 Å². The third kappa shape index (κ3) is 1.10. The normalized spacial score (nSPS) is 64.7. The molecule has 2 aliphatic carbocycles. The van der Waals surface area contributed by atoms with Gasteiger partial charge in [0.05, 0.1) is 5.60 Å². The molecule has 6 atom stereocenters. The zero-order valence-corrected chi connectivity index (χ0v) is 10.9. The molecule has 0 unspecified atom stereocenters. The highest BCUT2D eigenvalue weighted by molar-refractivity contribution is 5.11. The van der Waals surface area contributed by atoms with E-state index in [1.165, 1.54) is 12.8 Å². The van der Waals surface area contributed by atoms with E-state index in [0.29, 0.717) is 23.2 Å². The summed E-state index contributed by atoms with van der Waals surface area (Å²) in [5, 5.41) is 10.6. The second kappa shape index (κ2) is 2.84. The van der Waals surface area contributed by atoms with Crippen LogP contribution in [0, 0.1) is 23.2 Å². The van der Waals surface area contributed by atoms with Crippen molar-refractivity contribution >= 4 is 0 Å². The summed E-state index contributed by atoms with van der Waals surface area (Å²) >= 11 is 0. The second-order valence-corrected chi connectivity index (χ2v) is 6.99. The van der Waals surface area contributed by atoms with E-state index < -0.39 is 5.79 Å². The largest absolute Gasteiger partial charge is 0.365 e. The Balaban J connectivity index is 2.13. The molecule has 2 heterocycles. The Kier molecular flexibility index (Phi) is 1.96. The van der Waals surface area contributed by atoms with Crippen LogP contribution in [-0.2, 0) is 4.74 Å². The zero-order chi connectivity index (χ0) is 11.8. The van der Waals surface area contributed by atoms with Crippen molar-refractivity contribution in [1.82, 2.24) is 0 Å². The van der Waals surface area contributed by atoms with Gasteiger partial charge in [0, 0.05) is 5.92 Å². The lowest BCUT2D eigenvalue weighted by Crippen LogP contribution is -2.50. The van der Waals surface area contributed by atoms with Crippen LogP contribution in [0.25, 0.3) is 0 Å². The molecule has 0 amide bonds. The fourth-order valence-corrected chi connectivity index (χ4v) is 5.07. The van der Waals surface area contributed by atoms with Gasteiger partial charge < -0.3 is 9.84 Å². The quantitative estimate of drug-likeness (QED) is 0.685. The van der Waals surface area contributed by atoms with Crippen LogP contribution < -0.4 is 0 Å². The highest BCUT2D eigenvalue weighted by Crippen LogP contribution is 2.66. The van der Waals surface area contributed by atoms with E-state index in [1.807, 2.05) is 6.92 Å². The monoisotopic (exact) mass is 224 g/mol. The average Bonchev–Trinajstić information content (AvgIpc) is 2.45. The molecule has 0 aromatic rings. The number of fused-ring (bicyclic) bond motifs is 2. The molecule has 0 aromatic carbocycles. The van der Waals surface area contributed by atoms with Crippen molar-refractivity contribution in [2.75, 3.05) is 0 Å². The van der Waals surface area contributed by atoms with E-state index in [9.17, 15) is 5.11 Å². The highest BCUT2D eigenvalue weighted by Gasteiger charge is 2.65. The van der Waals surface area contributed by atoms with Gasteiger partial charge in [0.15, 0.2) is 5.79 Å². The Bertz CT molecular complexity index is 325. The second-order valence-electron chi connectivity index (χ2n) is 6.99. The standard InChI is InChI=1S/C14H24O2/c1-9-12(2)7-5-11-10(12)6-8-13(9,3)16-14(11,4)15/h9-11,15H,5-8H2,1-4H3/t9-,10+,11+,12+,13+,14+/m0/s1. The summed E-state index contributed by atoms with van der Waals surface area (Å²) in [6.45, 7) is 8.84. The first-order valence-electron chi connectivity index (χ1n) is 6.72. The molecule has 1 N–H and O–H groups in total. The van der Waals surface area contributed by atoms with Crippen molar-refractivity contribution in [1.29, 1.82) is 0 Å². The highest BCUT2D eigenvalue weighted by atomic mass is 16.6. The molecule has 4 rings (SSSR count). The van der Waals surface area contributed by atoms with E-state index in [2.05, 4.69) is 20.8 Å². The Morgan fingerprint density at radius 2 is 1.69 bits per heavy atom. The molecule has 92 valence electrons. The van der Waals surface area contributed by atoms with Crippen LogP contribution in [-0.4, -0.2) is 16.5 Å². The van der Waals surface area contributed by atoms with Gasteiger partial charge >= 0.3 is 0 Å². The van der Waals surface area contributed by atoms with Gasteiger partial charge in [-0.3, -0.25) is 0 Å². The molecular formula is C14H24O2. The SMILES string of the molecule is C[C@H]1[C@@]2(C)CC[C@@H]3[C@H]2CC[C@@]1(C)O[C@@]3(C)O. The molecule has 16 heavy (non-hydrogen) atoms. The van der Waals surface area contributed by atoms with Gasteiger partial charge in [0.25, 0.3) is 0 Å². The molecule has 4 bridgehead atoms. The van der Waals surface area contributed by atoms with Crippen molar-refractivity contribution in [2.45, 2.75) is 64.8 Å². The van der Waals surface area contributed by atoms with Gasteiger partial charge in [-0.1, -0.05) is 13.8 Å². The summed E-state index contributed by atoms with van der Waals surface area (Å²) in [7, 11) is 0. The molecule has 2 saturated carbocycles. The fourth-order valence-electron chi connectivity index (χ4n) is 5.07. The average molecular weight is 224 g/mol. The van der Waals surface area contributed by atoms with Crippen LogP contribution in [0.1, 0.15) is 53.4 Å².